The van der Waals surface area contributed by atoms with Gasteiger partial charge in [0, 0.05) is 32.7 Å². The lowest BCUT2D eigenvalue weighted by molar-refractivity contribution is -0.133. The molecule has 0 spiro atoms. The molecule has 25 heavy (non-hydrogen) atoms. The molecule has 1 fully saturated rings. The maximum absolute atomic E-state index is 12.6. The van der Waals surface area contributed by atoms with Crippen LogP contribution in [0.25, 0.3) is 10.2 Å². The van der Waals surface area contributed by atoms with Crippen molar-refractivity contribution in [3.05, 3.63) is 27.9 Å². The molecule has 2 heterocycles. The summed E-state index contributed by atoms with van der Waals surface area (Å²) in [5, 5.41) is 8.98. The fourth-order valence-electron chi connectivity index (χ4n) is 3.05. The molecule has 1 aromatic heterocycles. The number of hydrogen-bond donors (Lipinski definition) is 1. The minimum Gasteiger partial charge on any atom is -0.494 e. The van der Waals surface area contributed by atoms with Crippen LogP contribution in [0.5, 0.6) is 5.75 Å². The predicted octanol–water partition coefficient (Wildman–Crippen LogP) is 0.598. The van der Waals surface area contributed by atoms with Gasteiger partial charge in [-0.1, -0.05) is 11.3 Å². The third kappa shape index (κ3) is 4.02. The molecule has 1 aliphatic rings. The van der Waals surface area contributed by atoms with E-state index < -0.39 is 0 Å². The third-order valence-corrected chi connectivity index (χ3v) is 5.33. The Kier molecular flexibility index (Phi) is 5.72. The van der Waals surface area contributed by atoms with E-state index in [-0.39, 0.29) is 23.9 Å². The highest BCUT2D eigenvalue weighted by molar-refractivity contribution is 7.16. The molecule has 0 radical (unpaired) electrons. The zero-order chi connectivity index (χ0) is 17.8. The fraction of sp³-hybridized carbons (Fsp3) is 0.529. The lowest BCUT2D eigenvalue weighted by Gasteiger charge is -2.34. The number of nitrogens with zero attached hydrogens (tertiary/aromatic N) is 3. The quantitative estimate of drug-likeness (QED) is 0.811. The zero-order valence-corrected chi connectivity index (χ0v) is 15.1. The Morgan fingerprint density at radius 3 is 2.72 bits per heavy atom. The highest BCUT2D eigenvalue weighted by atomic mass is 32.1. The molecule has 1 amide bonds. The molecule has 1 aliphatic heterocycles. The van der Waals surface area contributed by atoms with Crippen molar-refractivity contribution in [1.29, 1.82) is 0 Å². The van der Waals surface area contributed by atoms with Crippen LogP contribution in [0.1, 0.15) is 6.92 Å². The van der Waals surface area contributed by atoms with Gasteiger partial charge in [0.1, 0.15) is 12.3 Å². The van der Waals surface area contributed by atoms with Gasteiger partial charge in [0.25, 0.3) is 0 Å². The van der Waals surface area contributed by atoms with E-state index in [1.54, 1.807) is 4.90 Å². The van der Waals surface area contributed by atoms with Gasteiger partial charge in [0.2, 0.25) is 5.91 Å². The van der Waals surface area contributed by atoms with E-state index in [9.17, 15) is 9.59 Å². The standard InChI is InChI=1S/C17H23N3O4S/c1-2-24-13-3-4-14-15(11-13)25-17(23)20(14)12-16(22)19-7-5-18(6-8-19)9-10-21/h3-4,11,21H,2,5-10,12H2,1H3. The first-order valence-corrected chi connectivity index (χ1v) is 9.31. The van der Waals surface area contributed by atoms with Crippen molar-refractivity contribution < 1.29 is 14.6 Å². The normalized spacial score (nSPS) is 15.7. The highest BCUT2D eigenvalue weighted by Gasteiger charge is 2.22. The van der Waals surface area contributed by atoms with Crippen LogP contribution in [-0.4, -0.2) is 71.3 Å². The van der Waals surface area contributed by atoms with Crippen LogP contribution in [0.2, 0.25) is 0 Å². The molecule has 0 bridgehead atoms. The summed E-state index contributed by atoms with van der Waals surface area (Å²) in [6, 6.07) is 5.51. The van der Waals surface area contributed by atoms with Gasteiger partial charge in [0.05, 0.1) is 23.4 Å². The van der Waals surface area contributed by atoms with Crippen molar-refractivity contribution in [3.63, 3.8) is 0 Å². The smallest absolute Gasteiger partial charge is 0.308 e. The molecule has 2 aromatic rings. The summed E-state index contributed by atoms with van der Waals surface area (Å²) in [5.74, 6) is 0.689. The van der Waals surface area contributed by atoms with Crippen LogP contribution in [-0.2, 0) is 11.3 Å². The first-order valence-electron chi connectivity index (χ1n) is 8.49. The van der Waals surface area contributed by atoms with Crippen LogP contribution in [0, 0.1) is 0 Å². The fourth-order valence-corrected chi connectivity index (χ4v) is 3.97. The number of piperazine rings is 1. The van der Waals surface area contributed by atoms with Gasteiger partial charge in [-0.15, -0.1) is 0 Å². The monoisotopic (exact) mass is 365 g/mol. The molecule has 1 N–H and O–H groups in total. The molecule has 1 aromatic carbocycles. The van der Waals surface area contributed by atoms with E-state index in [2.05, 4.69) is 4.90 Å². The number of benzene rings is 1. The molecular weight excluding hydrogens is 342 g/mol. The number of rotatable bonds is 6. The highest BCUT2D eigenvalue weighted by Crippen LogP contribution is 2.23. The number of thiazole rings is 1. The summed E-state index contributed by atoms with van der Waals surface area (Å²) in [7, 11) is 0. The van der Waals surface area contributed by atoms with Crippen LogP contribution in [0.3, 0.4) is 0 Å². The van der Waals surface area contributed by atoms with E-state index >= 15 is 0 Å². The number of ether oxygens (including phenoxy) is 1. The topological polar surface area (TPSA) is 75.0 Å². The molecule has 0 saturated carbocycles. The maximum Gasteiger partial charge on any atom is 0.308 e. The second-order valence-electron chi connectivity index (χ2n) is 5.96. The van der Waals surface area contributed by atoms with E-state index in [4.69, 9.17) is 9.84 Å². The SMILES string of the molecule is CCOc1ccc2c(c1)sc(=O)n2CC(=O)N1CCN(CCO)CC1. The zero-order valence-electron chi connectivity index (χ0n) is 14.3. The van der Waals surface area contributed by atoms with Crippen LogP contribution < -0.4 is 9.61 Å². The van der Waals surface area contributed by atoms with Gasteiger partial charge in [-0.2, -0.15) is 0 Å². The second kappa shape index (κ2) is 7.99. The van der Waals surface area contributed by atoms with Crippen molar-refractivity contribution in [2.24, 2.45) is 0 Å². The minimum absolute atomic E-state index is 0.0423. The number of aliphatic hydroxyl groups is 1. The number of amides is 1. The Balaban J connectivity index is 1.71. The van der Waals surface area contributed by atoms with Gasteiger partial charge in [-0.05, 0) is 25.1 Å². The van der Waals surface area contributed by atoms with E-state index in [1.165, 1.54) is 4.57 Å². The number of hydrogen-bond acceptors (Lipinski definition) is 6. The number of fused-ring (bicyclic) bond motifs is 1. The molecular formula is C17H23N3O4S. The number of carbonyl (C=O) groups is 1. The Morgan fingerprint density at radius 2 is 2.04 bits per heavy atom. The van der Waals surface area contributed by atoms with E-state index in [0.717, 1.165) is 40.4 Å². The lowest BCUT2D eigenvalue weighted by atomic mass is 10.3. The Hall–Kier alpha value is -1.90. The second-order valence-corrected chi connectivity index (χ2v) is 6.96. The van der Waals surface area contributed by atoms with Crippen molar-refractivity contribution in [1.82, 2.24) is 14.4 Å². The number of carbonyl (C=O) groups excluding carboxylic acids is 1. The first-order chi connectivity index (χ1) is 12.1. The van der Waals surface area contributed by atoms with Gasteiger partial charge >= 0.3 is 4.87 Å². The van der Waals surface area contributed by atoms with Crippen LogP contribution in [0.4, 0.5) is 0 Å². The Bertz CT molecular complexity index is 793. The first kappa shape index (κ1) is 17.9. The van der Waals surface area contributed by atoms with Crippen LogP contribution in [0.15, 0.2) is 23.0 Å². The van der Waals surface area contributed by atoms with Gasteiger partial charge in [-0.3, -0.25) is 19.1 Å². The Morgan fingerprint density at radius 1 is 1.28 bits per heavy atom. The molecule has 1 saturated heterocycles. The average molecular weight is 365 g/mol. The largest absolute Gasteiger partial charge is 0.494 e. The summed E-state index contributed by atoms with van der Waals surface area (Å²) in [5.41, 5.74) is 0.769. The predicted molar refractivity (Wildman–Crippen MR) is 97.4 cm³/mol. The minimum atomic E-state index is -0.129. The molecule has 0 unspecified atom stereocenters. The molecule has 136 valence electrons. The molecule has 0 atom stereocenters. The average Bonchev–Trinajstić information content (AvgIpc) is 2.91. The summed E-state index contributed by atoms with van der Waals surface area (Å²) < 4.78 is 7.84. The van der Waals surface area contributed by atoms with Gasteiger partial charge in [-0.25, -0.2) is 0 Å². The number of β-amino-alcohol motifs (C(OH)–C–C–N with tert-alkyl or cyclic N) is 1. The summed E-state index contributed by atoms with van der Waals surface area (Å²) in [4.78, 5) is 28.7. The van der Waals surface area contributed by atoms with Gasteiger partial charge < -0.3 is 14.7 Å². The van der Waals surface area contributed by atoms with Crippen molar-refractivity contribution >= 4 is 27.5 Å². The molecule has 8 heteroatoms. The summed E-state index contributed by atoms with van der Waals surface area (Å²) in [6.07, 6.45) is 0. The molecule has 3 rings (SSSR count). The lowest BCUT2D eigenvalue weighted by Crippen LogP contribution is -2.50. The molecule has 0 aliphatic carbocycles. The van der Waals surface area contributed by atoms with Crippen molar-refractivity contribution in [3.8, 4) is 5.75 Å². The third-order valence-electron chi connectivity index (χ3n) is 4.39. The summed E-state index contributed by atoms with van der Waals surface area (Å²) in [6.45, 7) is 6.08. The maximum atomic E-state index is 12.6. The Labute approximate surface area is 150 Å². The van der Waals surface area contributed by atoms with Crippen molar-refractivity contribution in [2.75, 3.05) is 45.9 Å². The van der Waals surface area contributed by atoms with E-state index in [1.807, 2.05) is 25.1 Å². The van der Waals surface area contributed by atoms with E-state index in [0.29, 0.717) is 26.2 Å². The number of aromatic nitrogens is 1. The summed E-state index contributed by atoms with van der Waals surface area (Å²) >= 11 is 1.14. The molecule has 7 nitrogen and oxygen atoms in total. The van der Waals surface area contributed by atoms with Gasteiger partial charge in [0.15, 0.2) is 0 Å². The van der Waals surface area contributed by atoms with Crippen LogP contribution >= 0.6 is 11.3 Å². The van der Waals surface area contributed by atoms with Crippen molar-refractivity contribution in [2.45, 2.75) is 13.5 Å². The number of aliphatic hydroxyl groups excluding tert-OH is 1.